The maximum absolute atomic E-state index is 10.9. The van der Waals surface area contributed by atoms with Crippen molar-refractivity contribution in [2.24, 2.45) is 0 Å². The molecule has 0 spiro atoms. The van der Waals surface area contributed by atoms with Crippen molar-refractivity contribution in [3.8, 4) is 11.5 Å². The van der Waals surface area contributed by atoms with Gasteiger partial charge >= 0.3 is 0 Å². The first-order chi connectivity index (χ1) is 12.7. The highest BCUT2D eigenvalue weighted by atomic mass is 16.3. The Bertz CT molecular complexity index is 493. The minimum absolute atomic E-state index is 0.412. The summed E-state index contributed by atoms with van der Waals surface area (Å²) in [6.07, 6.45) is 16.9. The fourth-order valence-corrected chi connectivity index (χ4v) is 3.75. The molecule has 1 rings (SSSR count). The van der Waals surface area contributed by atoms with Crippen LogP contribution in [0.15, 0.2) is 6.07 Å². The minimum Gasteiger partial charge on any atom is -0.508 e. The molecule has 0 bridgehead atoms. The Balaban J connectivity index is 2.88. The van der Waals surface area contributed by atoms with Crippen molar-refractivity contribution < 1.29 is 10.2 Å². The summed E-state index contributed by atoms with van der Waals surface area (Å²) < 4.78 is 0. The molecule has 1 aromatic rings. The Hall–Kier alpha value is -1.18. The number of rotatable bonds is 15. The fourth-order valence-electron chi connectivity index (χ4n) is 3.75. The van der Waals surface area contributed by atoms with Crippen molar-refractivity contribution in [3.05, 3.63) is 22.8 Å². The number of hydrogen-bond acceptors (Lipinski definition) is 2. The summed E-state index contributed by atoms with van der Waals surface area (Å²) in [5.74, 6) is 0.886. The van der Waals surface area contributed by atoms with Gasteiger partial charge in [0, 0.05) is 11.1 Å². The van der Waals surface area contributed by atoms with E-state index in [2.05, 4.69) is 20.8 Å². The maximum Gasteiger partial charge on any atom is 0.122 e. The van der Waals surface area contributed by atoms with Crippen LogP contribution in [0, 0.1) is 0 Å². The van der Waals surface area contributed by atoms with E-state index in [0.717, 1.165) is 55.2 Å². The molecule has 0 radical (unpaired) electrons. The average molecular weight is 363 g/mol. The standard InChI is InChI=1S/C24H42O2/c1-4-7-10-13-16-20-19-23(25)21(17-14-11-8-5-2)22(24(20)26)18-15-12-9-6-3/h19,25-26H,4-18H2,1-3H3. The van der Waals surface area contributed by atoms with Crippen molar-refractivity contribution in [3.63, 3.8) is 0 Å². The molecule has 0 fully saturated rings. The Morgan fingerprint density at radius 1 is 0.577 bits per heavy atom. The Morgan fingerprint density at radius 3 is 1.54 bits per heavy atom. The Kier molecular flexibility index (Phi) is 12.3. The Morgan fingerprint density at radius 2 is 1.04 bits per heavy atom. The van der Waals surface area contributed by atoms with Gasteiger partial charge in [-0.2, -0.15) is 0 Å². The lowest BCUT2D eigenvalue weighted by atomic mass is 9.91. The largest absolute Gasteiger partial charge is 0.508 e. The predicted octanol–water partition coefficient (Wildman–Crippen LogP) is 7.47. The number of benzene rings is 1. The summed E-state index contributed by atoms with van der Waals surface area (Å²) in [7, 11) is 0. The molecule has 26 heavy (non-hydrogen) atoms. The van der Waals surface area contributed by atoms with Gasteiger partial charge in [-0.15, -0.1) is 0 Å². The van der Waals surface area contributed by atoms with Gasteiger partial charge in [0.2, 0.25) is 0 Å². The molecule has 2 nitrogen and oxygen atoms in total. The Labute approximate surface area is 162 Å². The van der Waals surface area contributed by atoms with Crippen molar-refractivity contribution >= 4 is 0 Å². The molecule has 0 aliphatic heterocycles. The molecule has 2 N–H and O–H groups in total. The molecule has 0 aromatic heterocycles. The van der Waals surface area contributed by atoms with Gasteiger partial charge in [-0.05, 0) is 50.2 Å². The second-order valence-corrected chi connectivity index (χ2v) is 7.79. The van der Waals surface area contributed by atoms with E-state index in [0.29, 0.717) is 11.5 Å². The van der Waals surface area contributed by atoms with E-state index in [9.17, 15) is 10.2 Å². The van der Waals surface area contributed by atoms with Gasteiger partial charge in [0.05, 0.1) is 0 Å². The second kappa shape index (κ2) is 13.9. The van der Waals surface area contributed by atoms with Crippen LogP contribution in [0.2, 0.25) is 0 Å². The van der Waals surface area contributed by atoms with Crippen LogP contribution in [0.1, 0.15) is 115 Å². The van der Waals surface area contributed by atoms with Crippen LogP contribution in [-0.2, 0) is 19.3 Å². The third-order valence-corrected chi connectivity index (χ3v) is 5.43. The molecule has 0 amide bonds. The molecule has 0 saturated heterocycles. The monoisotopic (exact) mass is 362 g/mol. The first-order valence-electron chi connectivity index (χ1n) is 11.2. The van der Waals surface area contributed by atoms with Crippen LogP contribution < -0.4 is 0 Å². The van der Waals surface area contributed by atoms with Crippen LogP contribution in [0.4, 0.5) is 0 Å². The normalized spacial score (nSPS) is 11.2. The maximum atomic E-state index is 10.9. The summed E-state index contributed by atoms with van der Waals surface area (Å²) in [6.45, 7) is 6.65. The van der Waals surface area contributed by atoms with E-state index in [1.165, 1.54) is 57.8 Å². The number of phenolic OH excluding ortho intramolecular Hbond substituents is 2. The summed E-state index contributed by atoms with van der Waals surface area (Å²) in [5.41, 5.74) is 2.98. The van der Waals surface area contributed by atoms with Gasteiger partial charge < -0.3 is 10.2 Å². The van der Waals surface area contributed by atoms with Crippen molar-refractivity contribution in [1.82, 2.24) is 0 Å². The lowest BCUT2D eigenvalue weighted by molar-refractivity contribution is 0.437. The highest BCUT2D eigenvalue weighted by Gasteiger charge is 2.17. The molecule has 0 aliphatic carbocycles. The number of hydrogen-bond donors (Lipinski definition) is 2. The van der Waals surface area contributed by atoms with Crippen molar-refractivity contribution in [1.29, 1.82) is 0 Å². The first kappa shape index (κ1) is 22.9. The van der Waals surface area contributed by atoms with Crippen LogP contribution in [0.25, 0.3) is 0 Å². The zero-order valence-corrected chi connectivity index (χ0v) is 17.6. The number of aromatic hydroxyl groups is 2. The third-order valence-electron chi connectivity index (χ3n) is 5.43. The van der Waals surface area contributed by atoms with Gasteiger partial charge in [-0.1, -0.05) is 78.6 Å². The average Bonchev–Trinajstić information content (AvgIpc) is 2.64. The molecular weight excluding hydrogens is 320 g/mol. The van der Waals surface area contributed by atoms with Crippen LogP contribution >= 0.6 is 0 Å². The molecule has 150 valence electrons. The van der Waals surface area contributed by atoms with Crippen LogP contribution in [0.5, 0.6) is 11.5 Å². The number of unbranched alkanes of at least 4 members (excludes halogenated alkanes) is 9. The quantitative estimate of drug-likeness (QED) is 0.251. The van der Waals surface area contributed by atoms with Gasteiger partial charge in [0.1, 0.15) is 11.5 Å². The lowest BCUT2D eigenvalue weighted by Crippen LogP contribution is -2.01. The molecule has 0 unspecified atom stereocenters. The second-order valence-electron chi connectivity index (χ2n) is 7.79. The van der Waals surface area contributed by atoms with Crippen LogP contribution in [0.3, 0.4) is 0 Å². The van der Waals surface area contributed by atoms with E-state index >= 15 is 0 Å². The predicted molar refractivity (Wildman–Crippen MR) is 113 cm³/mol. The van der Waals surface area contributed by atoms with Crippen molar-refractivity contribution in [2.75, 3.05) is 0 Å². The van der Waals surface area contributed by atoms with Gasteiger partial charge in [-0.3, -0.25) is 0 Å². The van der Waals surface area contributed by atoms with Gasteiger partial charge in [0.25, 0.3) is 0 Å². The molecule has 0 saturated carbocycles. The highest BCUT2D eigenvalue weighted by molar-refractivity contribution is 5.53. The molecule has 2 heteroatoms. The summed E-state index contributed by atoms with van der Waals surface area (Å²) in [5, 5.41) is 21.5. The minimum atomic E-state index is 0.412. The zero-order valence-electron chi connectivity index (χ0n) is 17.6. The van der Waals surface area contributed by atoms with E-state index < -0.39 is 0 Å². The van der Waals surface area contributed by atoms with E-state index in [4.69, 9.17) is 0 Å². The number of aryl methyl sites for hydroxylation is 1. The van der Waals surface area contributed by atoms with Gasteiger partial charge in [-0.25, -0.2) is 0 Å². The van der Waals surface area contributed by atoms with Crippen molar-refractivity contribution in [2.45, 2.75) is 117 Å². The molecule has 0 heterocycles. The summed E-state index contributed by atoms with van der Waals surface area (Å²) >= 11 is 0. The lowest BCUT2D eigenvalue weighted by Gasteiger charge is -2.17. The fraction of sp³-hybridized carbons (Fsp3) is 0.750. The number of phenols is 2. The van der Waals surface area contributed by atoms with E-state index in [1.807, 2.05) is 6.07 Å². The topological polar surface area (TPSA) is 40.5 Å². The highest BCUT2D eigenvalue weighted by Crippen LogP contribution is 2.36. The zero-order chi connectivity index (χ0) is 19.2. The molecular formula is C24H42O2. The summed E-state index contributed by atoms with van der Waals surface area (Å²) in [6, 6.07) is 1.84. The third kappa shape index (κ3) is 8.01. The first-order valence-corrected chi connectivity index (χ1v) is 11.2. The van der Waals surface area contributed by atoms with E-state index in [-0.39, 0.29) is 0 Å². The smallest absolute Gasteiger partial charge is 0.122 e. The van der Waals surface area contributed by atoms with Gasteiger partial charge in [0.15, 0.2) is 0 Å². The molecule has 0 aliphatic rings. The van der Waals surface area contributed by atoms with E-state index in [1.54, 1.807) is 0 Å². The SMILES string of the molecule is CCCCCCc1cc(O)c(CCCCCC)c(CCCCCC)c1O. The molecule has 1 aromatic carbocycles. The van der Waals surface area contributed by atoms with Crippen LogP contribution in [-0.4, -0.2) is 10.2 Å². The summed E-state index contributed by atoms with van der Waals surface area (Å²) in [4.78, 5) is 0. The molecule has 0 atom stereocenters.